The normalized spacial score (nSPS) is 10.2. The molecule has 0 unspecified atom stereocenters. The molecule has 0 bridgehead atoms. The molecule has 0 aliphatic carbocycles. The van der Waals surface area contributed by atoms with Crippen molar-refractivity contribution in [1.29, 1.82) is 0 Å². The third kappa shape index (κ3) is 5.85. The molecule has 30 heavy (non-hydrogen) atoms. The van der Waals surface area contributed by atoms with Crippen molar-refractivity contribution >= 4 is 17.6 Å². The van der Waals surface area contributed by atoms with Gasteiger partial charge in [-0.2, -0.15) is 0 Å². The van der Waals surface area contributed by atoms with Crippen LogP contribution in [0.25, 0.3) is 0 Å². The molecule has 0 aliphatic heterocycles. The van der Waals surface area contributed by atoms with Crippen LogP contribution in [0.2, 0.25) is 0 Å². The van der Waals surface area contributed by atoms with Crippen molar-refractivity contribution in [3.05, 3.63) is 89.5 Å². The van der Waals surface area contributed by atoms with Gasteiger partial charge in [0.25, 0.3) is 5.91 Å². The molecule has 0 heterocycles. The summed E-state index contributed by atoms with van der Waals surface area (Å²) in [7, 11) is 1.52. The molecule has 0 saturated carbocycles. The highest BCUT2D eigenvalue weighted by Gasteiger charge is 2.13. The zero-order valence-electron chi connectivity index (χ0n) is 16.9. The van der Waals surface area contributed by atoms with Crippen LogP contribution in [-0.2, 0) is 16.1 Å². The molecule has 6 heteroatoms. The molecule has 3 aromatic rings. The van der Waals surface area contributed by atoms with E-state index in [0.29, 0.717) is 29.4 Å². The van der Waals surface area contributed by atoms with Crippen molar-refractivity contribution in [2.75, 3.05) is 19.0 Å². The molecule has 0 aromatic heterocycles. The number of hydrogen-bond acceptors (Lipinski definition) is 5. The summed E-state index contributed by atoms with van der Waals surface area (Å²) in [5.74, 6) is 0.0149. The standard InChI is InChI=1S/C24H23NO5/c1-17-11-12-22(28-2)21(13-17)25-23(26)16-30-24(27)19-9-6-10-20(14-19)29-15-18-7-4-3-5-8-18/h3-14H,15-16H2,1-2H3,(H,25,26). The summed E-state index contributed by atoms with van der Waals surface area (Å²) >= 11 is 0. The van der Waals surface area contributed by atoms with E-state index in [0.717, 1.165) is 11.1 Å². The summed E-state index contributed by atoms with van der Waals surface area (Å²) < 4.78 is 16.1. The van der Waals surface area contributed by atoms with Crippen LogP contribution in [0.4, 0.5) is 5.69 Å². The lowest BCUT2D eigenvalue weighted by Gasteiger charge is -2.11. The van der Waals surface area contributed by atoms with Gasteiger partial charge < -0.3 is 19.5 Å². The minimum Gasteiger partial charge on any atom is -0.495 e. The fraction of sp³-hybridized carbons (Fsp3) is 0.167. The fourth-order valence-corrected chi connectivity index (χ4v) is 2.77. The Bertz CT molecular complexity index is 1020. The summed E-state index contributed by atoms with van der Waals surface area (Å²) in [6.07, 6.45) is 0. The molecule has 0 fully saturated rings. The van der Waals surface area contributed by atoms with Gasteiger partial charge >= 0.3 is 5.97 Å². The van der Waals surface area contributed by atoms with E-state index in [9.17, 15) is 9.59 Å². The predicted molar refractivity (Wildman–Crippen MR) is 114 cm³/mol. The maximum Gasteiger partial charge on any atom is 0.338 e. The van der Waals surface area contributed by atoms with Crippen LogP contribution in [-0.4, -0.2) is 25.6 Å². The topological polar surface area (TPSA) is 73.9 Å². The van der Waals surface area contributed by atoms with Gasteiger partial charge in [-0.15, -0.1) is 0 Å². The van der Waals surface area contributed by atoms with Crippen LogP contribution >= 0.6 is 0 Å². The molecule has 154 valence electrons. The van der Waals surface area contributed by atoms with Gasteiger partial charge in [0.1, 0.15) is 18.1 Å². The first-order valence-electron chi connectivity index (χ1n) is 9.43. The van der Waals surface area contributed by atoms with E-state index in [4.69, 9.17) is 14.2 Å². The van der Waals surface area contributed by atoms with Crippen LogP contribution in [0.5, 0.6) is 11.5 Å². The Morgan fingerprint density at radius 2 is 1.73 bits per heavy atom. The Labute approximate surface area is 175 Å². The molecule has 1 N–H and O–H groups in total. The summed E-state index contributed by atoms with van der Waals surface area (Å²) in [6, 6.07) is 21.8. The Balaban J connectivity index is 1.54. The monoisotopic (exact) mass is 405 g/mol. The van der Waals surface area contributed by atoms with E-state index in [1.807, 2.05) is 43.3 Å². The number of methoxy groups -OCH3 is 1. The number of carbonyl (C=O) groups excluding carboxylic acids is 2. The summed E-state index contributed by atoms with van der Waals surface area (Å²) in [4.78, 5) is 24.5. The van der Waals surface area contributed by atoms with Gasteiger partial charge in [0, 0.05) is 0 Å². The number of anilines is 1. The second-order valence-corrected chi connectivity index (χ2v) is 6.63. The first kappa shape index (κ1) is 20.9. The average molecular weight is 405 g/mol. The van der Waals surface area contributed by atoms with Crippen molar-refractivity contribution in [1.82, 2.24) is 0 Å². The Kier molecular flexibility index (Phi) is 7.05. The highest BCUT2D eigenvalue weighted by Crippen LogP contribution is 2.25. The number of aryl methyl sites for hydroxylation is 1. The molecule has 0 spiro atoms. The second-order valence-electron chi connectivity index (χ2n) is 6.63. The van der Waals surface area contributed by atoms with E-state index in [1.54, 1.807) is 36.4 Å². The first-order valence-corrected chi connectivity index (χ1v) is 9.43. The van der Waals surface area contributed by atoms with Crippen LogP contribution in [0.3, 0.4) is 0 Å². The lowest BCUT2D eigenvalue weighted by Crippen LogP contribution is -2.21. The number of hydrogen-bond donors (Lipinski definition) is 1. The molecule has 0 radical (unpaired) electrons. The van der Waals surface area contributed by atoms with Crippen molar-refractivity contribution in [2.24, 2.45) is 0 Å². The predicted octanol–water partition coefficient (Wildman–Crippen LogP) is 4.38. The number of ether oxygens (including phenoxy) is 3. The summed E-state index contributed by atoms with van der Waals surface area (Å²) in [6.45, 7) is 1.88. The van der Waals surface area contributed by atoms with Gasteiger partial charge in [0.15, 0.2) is 6.61 Å². The second kappa shape index (κ2) is 10.1. The molecule has 0 saturated heterocycles. The Hall–Kier alpha value is -3.80. The maximum atomic E-state index is 12.3. The number of carbonyl (C=O) groups is 2. The van der Waals surface area contributed by atoms with Crippen molar-refractivity contribution in [2.45, 2.75) is 13.5 Å². The van der Waals surface area contributed by atoms with Crippen molar-refractivity contribution in [3.8, 4) is 11.5 Å². The van der Waals surface area contributed by atoms with Crippen molar-refractivity contribution < 1.29 is 23.8 Å². The maximum absolute atomic E-state index is 12.3. The number of amides is 1. The smallest absolute Gasteiger partial charge is 0.338 e. The van der Waals surface area contributed by atoms with E-state index >= 15 is 0 Å². The molecular weight excluding hydrogens is 382 g/mol. The molecule has 0 atom stereocenters. The van der Waals surface area contributed by atoms with Gasteiger partial charge in [0.05, 0.1) is 18.4 Å². The quantitative estimate of drug-likeness (QED) is 0.563. The largest absolute Gasteiger partial charge is 0.495 e. The van der Waals surface area contributed by atoms with E-state index in [1.165, 1.54) is 7.11 Å². The van der Waals surface area contributed by atoms with Gasteiger partial charge in [-0.05, 0) is 48.4 Å². The van der Waals surface area contributed by atoms with Crippen LogP contribution in [0.1, 0.15) is 21.5 Å². The third-order valence-electron chi connectivity index (χ3n) is 4.28. The average Bonchev–Trinajstić information content (AvgIpc) is 2.77. The minimum atomic E-state index is -0.605. The Morgan fingerprint density at radius 1 is 0.933 bits per heavy atom. The highest BCUT2D eigenvalue weighted by molar-refractivity contribution is 5.96. The zero-order chi connectivity index (χ0) is 21.3. The van der Waals surface area contributed by atoms with Gasteiger partial charge in [-0.1, -0.05) is 42.5 Å². The first-order chi connectivity index (χ1) is 14.5. The number of rotatable bonds is 8. The SMILES string of the molecule is COc1ccc(C)cc1NC(=O)COC(=O)c1cccc(OCc2ccccc2)c1. The van der Waals surface area contributed by atoms with Crippen molar-refractivity contribution in [3.63, 3.8) is 0 Å². The van der Waals surface area contributed by atoms with Crippen LogP contribution < -0.4 is 14.8 Å². The molecule has 6 nitrogen and oxygen atoms in total. The summed E-state index contributed by atoms with van der Waals surface area (Å²) in [5.41, 5.74) is 2.82. The van der Waals surface area contributed by atoms with Crippen LogP contribution in [0.15, 0.2) is 72.8 Å². The molecule has 3 rings (SSSR count). The minimum absolute atomic E-state index is 0.307. The fourth-order valence-electron chi connectivity index (χ4n) is 2.77. The summed E-state index contributed by atoms with van der Waals surface area (Å²) in [5, 5.41) is 2.69. The zero-order valence-corrected chi connectivity index (χ0v) is 16.9. The van der Waals surface area contributed by atoms with Gasteiger partial charge in [-0.3, -0.25) is 4.79 Å². The van der Waals surface area contributed by atoms with E-state index in [-0.39, 0.29) is 0 Å². The van der Waals surface area contributed by atoms with Gasteiger partial charge in [0.2, 0.25) is 0 Å². The van der Waals surface area contributed by atoms with E-state index in [2.05, 4.69) is 5.32 Å². The molecular formula is C24H23NO5. The molecule has 1 amide bonds. The number of nitrogens with one attached hydrogen (secondary N) is 1. The third-order valence-corrected chi connectivity index (χ3v) is 4.28. The number of esters is 1. The van der Waals surface area contributed by atoms with Gasteiger partial charge in [-0.25, -0.2) is 4.79 Å². The van der Waals surface area contributed by atoms with E-state index < -0.39 is 18.5 Å². The number of benzene rings is 3. The van der Waals surface area contributed by atoms with Crippen LogP contribution in [0, 0.1) is 6.92 Å². The molecule has 0 aliphatic rings. The molecule has 3 aromatic carbocycles. The Morgan fingerprint density at radius 3 is 2.50 bits per heavy atom. The highest BCUT2D eigenvalue weighted by atomic mass is 16.5. The lowest BCUT2D eigenvalue weighted by molar-refractivity contribution is -0.119. The lowest BCUT2D eigenvalue weighted by atomic mass is 10.2.